The normalized spacial score (nSPS) is 26.7. The van der Waals surface area contributed by atoms with Gasteiger partial charge in [0.1, 0.15) is 0 Å². The van der Waals surface area contributed by atoms with E-state index in [1.54, 1.807) is 0 Å². The molecule has 0 spiro atoms. The van der Waals surface area contributed by atoms with Crippen LogP contribution < -0.4 is 0 Å². The first kappa shape index (κ1) is 12.7. The smallest absolute Gasteiger partial charge is 0.225 e. The minimum atomic E-state index is -0.180. The fourth-order valence-electron chi connectivity index (χ4n) is 2.66. The van der Waals surface area contributed by atoms with E-state index in [2.05, 4.69) is 19.1 Å². The third kappa shape index (κ3) is 2.98. The molecule has 1 aromatic carbocycles. The minimum Gasteiger partial charge on any atom is -0.369 e. The molecule has 0 radical (unpaired) electrons. The van der Waals surface area contributed by atoms with E-state index in [4.69, 9.17) is 4.74 Å². The van der Waals surface area contributed by atoms with Crippen LogP contribution >= 0.6 is 0 Å². The van der Waals surface area contributed by atoms with Crippen LogP contribution in [-0.4, -0.2) is 29.5 Å². The molecule has 1 aromatic rings. The fraction of sp³-hybridized carbons (Fsp3) is 0.562. The highest BCUT2D eigenvalue weighted by atomic mass is 16.5. The lowest BCUT2D eigenvalue weighted by molar-refractivity contribution is -0.133. The quantitative estimate of drug-likeness (QED) is 0.832. The molecule has 0 bridgehead atoms. The van der Waals surface area contributed by atoms with E-state index < -0.39 is 0 Å². The lowest BCUT2D eigenvalue weighted by Crippen LogP contribution is -2.36. The second kappa shape index (κ2) is 4.97. The van der Waals surface area contributed by atoms with Gasteiger partial charge in [-0.15, -0.1) is 0 Å². The van der Waals surface area contributed by atoms with Crippen molar-refractivity contribution in [3.05, 3.63) is 35.9 Å². The monoisotopic (exact) mass is 259 g/mol. The molecule has 3 rings (SSSR count). The zero-order valence-electron chi connectivity index (χ0n) is 11.5. The average molecular weight is 259 g/mol. The molecule has 0 aromatic heterocycles. The summed E-state index contributed by atoms with van der Waals surface area (Å²) in [6, 6.07) is 10.2. The number of carbonyl (C=O) groups excluding carboxylic acids is 1. The average Bonchev–Trinajstić information content (AvgIpc) is 3.21. The van der Waals surface area contributed by atoms with E-state index in [0.717, 1.165) is 32.4 Å². The summed E-state index contributed by atoms with van der Waals surface area (Å²) in [5, 5.41) is 0. The fourth-order valence-corrected chi connectivity index (χ4v) is 2.66. The summed E-state index contributed by atoms with van der Waals surface area (Å²) in [6.07, 6.45) is 3.10. The van der Waals surface area contributed by atoms with Gasteiger partial charge < -0.3 is 9.64 Å². The molecular weight excluding hydrogens is 238 g/mol. The topological polar surface area (TPSA) is 29.5 Å². The summed E-state index contributed by atoms with van der Waals surface area (Å²) in [4.78, 5) is 14.0. The number of ether oxygens (including phenoxy) is 1. The van der Waals surface area contributed by atoms with Crippen molar-refractivity contribution in [2.75, 3.05) is 13.1 Å². The summed E-state index contributed by atoms with van der Waals surface area (Å²) >= 11 is 0. The van der Waals surface area contributed by atoms with Crippen molar-refractivity contribution in [1.29, 1.82) is 0 Å². The van der Waals surface area contributed by atoms with Gasteiger partial charge in [-0.3, -0.25) is 4.79 Å². The maximum Gasteiger partial charge on any atom is 0.225 e. The molecule has 2 fully saturated rings. The van der Waals surface area contributed by atoms with Crippen molar-refractivity contribution in [1.82, 2.24) is 4.90 Å². The molecule has 1 atom stereocenters. The number of hydrogen-bond acceptors (Lipinski definition) is 2. The van der Waals surface area contributed by atoms with E-state index in [1.807, 2.05) is 23.1 Å². The van der Waals surface area contributed by atoms with Gasteiger partial charge in [-0.25, -0.2) is 0 Å². The number of amides is 1. The highest BCUT2D eigenvalue weighted by Gasteiger charge is 2.41. The number of rotatable bonds is 4. The molecule has 1 aliphatic carbocycles. The van der Waals surface area contributed by atoms with Crippen molar-refractivity contribution in [3.8, 4) is 0 Å². The molecule has 1 saturated carbocycles. The third-order valence-electron chi connectivity index (χ3n) is 4.10. The molecule has 102 valence electrons. The van der Waals surface area contributed by atoms with Crippen LogP contribution in [0.25, 0.3) is 0 Å². The number of benzene rings is 1. The number of carbonyl (C=O) groups is 1. The summed E-state index contributed by atoms with van der Waals surface area (Å²) in [6.45, 7) is 4.34. The summed E-state index contributed by atoms with van der Waals surface area (Å²) in [5.41, 5.74) is 1.01. The van der Waals surface area contributed by atoms with Crippen molar-refractivity contribution in [2.45, 2.75) is 38.4 Å². The first-order valence-electron chi connectivity index (χ1n) is 7.13. The molecule has 1 aliphatic heterocycles. The van der Waals surface area contributed by atoms with Gasteiger partial charge in [0, 0.05) is 19.0 Å². The maximum absolute atomic E-state index is 12.0. The molecule has 3 heteroatoms. The molecular formula is C16H21NO2. The van der Waals surface area contributed by atoms with Gasteiger partial charge in [0.05, 0.1) is 12.2 Å². The van der Waals surface area contributed by atoms with Gasteiger partial charge >= 0.3 is 0 Å². The Morgan fingerprint density at radius 1 is 1.37 bits per heavy atom. The van der Waals surface area contributed by atoms with Crippen molar-refractivity contribution >= 4 is 5.91 Å². The zero-order valence-corrected chi connectivity index (χ0v) is 11.5. The Morgan fingerprint density at radius 3 is 2.79 bits per heavy atom. The Kier molecular flexibility index (Phi) is 3.31. The zero-order chi connectivity index (χ0) is 13.3. The van der Waals surface area contributed by atoms with Crippen LogP contribution in [0, 0.1) is 5.92 Å². The first-order chi connectivity index (χ1) is 9.16. The van der Waals surface area contributed by atoms with Gasteiger partial charge in [-0.2, -0.15) is 0 Å². The lowest BCUT2D eigenvalue weighted by Gasteiger charge is -2.25. The van der Waals surface area contributed by atoms with E-state index in [1.165, 1.54) is 5.56 Å². The Morgan fingerprint density at radius 2 is 2.11 bits per heavy atom. The predicted molar refractivity (Wildman–Crippen MR) is 73.6 cm³/mol. The molecule has 3 nitrogen and oxygen atoms in total. The molecule has 0 N–H and O–H groups in total. The predicted octanol–water partition coefficient (Wildman–Crippen LogP) is 2.60. The second-order valence-electron chi connectivity index (χ2n) is 6.01. The van der Waals surface area contributed by atoms with Gasteiger partial charge in [0.2, 0.25) is 5.91 Å². The third-order valence-corrected chi connectivity index (χ3v) is 4.10. The van der Waals surface area contributed by atoms with E-state index in [-0.39, 0.29) is 5.60 Å². The first-order valence-corrected chi connectivity index (χ1v) is 7.13. The van der Waals surface area contributed by atoms with Crippen LogP contribution in [0.15, 0.2) is 30.3 Å². The van der Waals surface area contributed by atoms with Crippen LogP contribution in [0.4, 0.5) is 0 Å². The number of nitrogens with zero attached hydrogens (tertiary/aromatic N) is 1. The van der Waals surface area contributed by atoms with Gasteiger partial charge in [-0.05, 0) is 31.7 Å². The van der Waals surface area contributed by atoms with Crippen LogP contribution in [0.5, 0.6) is 0 Å². The minimum absolute atomic E-state index is 0.180. The Balaban J connectivity index is 1.54. The Labute approximate surface area is 114 Å². The highest BCUT2D eigenvalue weighted by molar-refractivity contribution is 5.81. The van der Waals surface area contributed by atoms with Crippen LogP contribution in [0.2, 0.25) is 0 Å². The van der Waals surface area contributed by atoms with Crippen LogP contribution in [-0.2, 0) is 16.1 Å². The molecule has 1 heterocycles. The summed E-state index contributed by atoms with van der Waals surface area (Å²) < 4.78 is 6.06. The molecule has 2 aliphatic rings. The Bertz CT molecular complexity index is 455. The summed E-state index contributed by atoms with van der Waals surface area (Å²) in [5.74, 6) is 0.656. The standard InChI is InChI=1S/C16H21NO2/c1-16(19-11-13-5-3-2-4-6-13)9-10-17(12-16)15(18)14-7-8-14/h2-6,14H,7-12H2,1H3/t16-/m0/s1. The van der Waals surface area contributed by atoms with Gasteiger partial charge in [-0.1, -0.05) is 30.3 Å². The van der Waals surface area contributed by atoms with E-state index in [0.29, 0.717) is 18.4 Å². The van der Waals surface area contributed by atoms with Crippen molar-refractivity contribution in [2.24, 2.45) is 5.92 Å². The van der Waals surface area contributed by atoms with Gasteiger partial charge in [0.15, 0.2) is 0 Å². The number of hydrogen-bond donors (Lipinski definition) is 0. The molecule has 0 unspecified atom stereocenters. The van der Waals surface area contributed by atoms with Crippen molar-refractivity contribution in [3.63, 3.8) is 0 Å². The van der Waals surface area contributed by atoms with Crippen LogP contribution in [0.1, 0.15) is 31.7 Å². The Hall–Kier alpha value is -1.35. The molecule has 19 heavy (non-hydrogen) atoms. The van der Waals surface area contributed by atoms with Crippen LogP contribution in [0.3, 0.4) is 0 Å². The maximum atomic E-state index is 12.0. The van der Waals surface area contributed by atoms with Gasteiger partial charge in [0.25, 0.3) is 0 Å². The second-order valence-corrected chi connectivity index (χ2v) is 6.01. The van der Waals surface area contributed by atoms with Crippen molar-refractivity contribution < 1.29 is 9.53 Å². The van der Waals surface area contributed by atoms with E-state index in [9.17, 15) is 4.79 Å². The van der Waals surface area contributed by atoms with E-state index >= 15 is 0 Å². The molecule has 1 amide bonds. The molecule has 1 saturated heterocycles. The SMILES string of the molecule is C[C@]1(OCc2ccccc2)CCN(C(=O)C2CC2)C1. The largest absolute Gasteiger partial charge is 0.369 e. The lowest BCUT2D eigenvalue weighted by atomic mass is 10.1. The summed E-state index contributed by atoms with van der Waals surface area (Å²) in [7, 11) is 0. The highest BCUT2D eigenvalue weighted by Crippen LogP contribution is 2.34. The number of likely N-dealkylation sites (tertiary alicyclic amines) is 1.